The molecule has 0 aliphatic carbocycles. The van der Waals surface area contributed by atoms with E-state index in [4.69, 9.17) is 8.83 Å². The number of aromatic nitrogens is 1. The minimum Gasteiger partial charge on any atom is -0.468 e. The number of nitrogens with zero attached hydrogens (tertiary/aromatic N) is 2. The third-order valence-corrected chi connectivity index (χ3v) is 5.62. The first-order chi connectivity index (χ1) is 12.3. The SMILES string of the molecule is COC(=O)Cn1c(=O)oc2cc(S(=O)(=O)N(C)Cc3ccco3)ccc21. The average Bonchev–Trinajstić information content (AvgIpc) is 3.22. The van der Waals surface area contributed by atoms with Crippen molar-refractivity contribution in [2.45, 2.75) is 18.0 Å². The molecular weight excluding hydrogens is 364 g/mol. The van der Waals surface area contributed by atoms with Gasteiger partial charge in [0.1, 0.15) is 12.3 Å². The monoisotopic (exact) mass is 380 g/mol. The zero-order valence-electron chi connectivity index (χ0n) is 14.0. The molecule has 26 heavy (non-hydrogen) atoms. The fraction of sp³-hybridized carbons (Fsp3) is 0.250. The lowest BCUT2D eigenvalue weighted by molar-refractivity contribution is -0.141. The van der Waals surface area contributed by atoms with Crippen LogP contribution >= 0.6 is 0 Å². The van der Waals surface area contributed by atoms with Crippen molar-refractivity contribution in [1.29, 1.82) is 0 Å². The van der Waals surface area contributed by atoms with Gasteiger partial charge >= 0.3 is 11.7 Å². The van der Waals surface area contributed by atoms with E-state index < -0.39 is 21.7 Å². The Morgan fingerprint density at radius 2 is 2.08 bits per heavy atom. The van der Waals surface area contributed by atoms with Gasteiger partial charge in [-0.3, -0.25) is 9.36 Å². The molecule has 3 aromatic rings. The Morgan fingerprint density at radius 1 is 1.31 bits per heavy atom. The largest absolute Gasteiger partial charge is 0.468 e. The second-order valence-electron chi connectivity index (χ2n) is 5.50. The second kappa shape index (κ2) is 6.81. The third-order valence-electron chi connectivity index (χ3n) is 3.82. The van der Waals surface area contributed by atoms with E-state index in [1.807, 2.05) is 0 Å². The first-order valence-electron chi connectivity index (χ1n) is 7.52. The lowest BCUT2D eigenvalue weighted by Crippen LogP contribution is -2.26. The van der Waals surface area contributed by atoms with Gasteiger partial charge in [-0.2, -0.15) is 4.31 Å². The Hall–Kier alpha value is -2.85. The molecule has 0 unspecified atom stereocenters. The quantitative estimate of drug-likeness (QED) is 0.590. The number of methoxy groups -OCH3 is 1. The molecule has 2 aromatic heterocycles. The van der Waals surface area contributed by atoms with Crippen molar-refractivity contribution in [2.75, 3.05) is 14.2 Å². The number of esters is 1. The van der Waals surface area contributed by atoms with Crippen LogP contribution in [-0.4, -0.2) is 37.4 Å². The maximum atomic E-state index is 12.7. The molecule has 0 aliphatic heterocycles. The smallest absolute Gasteiger partial charge is 0.420 e. The first-order valence-corrected chi connectivity index (χ1v) is 8.96. The van der Waals surface area contributed by atoms with Gasteiger partial charge in [0, 0.05) is 13.1 Å². The zero-order valence-corrected chi connectivity index (χ0v) is 14.9. The Balaban J connectivity index is 1.96. The van der Waals surface area contributed by atoms with Gasteiger partial charge in [0.05, 0.1) is 30.3 Å². The van der Waals surface area contributed by atoms with Gasteiger partial charge < -0.3 is 13.6 Å². The average molecular weight is 380 g/mol. The molecule has 0 aliphatic rings. The standard InChI is InChI=1S/C16H16N2O7S/c1-17(9-11-4-3-7-24-11)26(21,22)12-5-6-13-14(8-12)25-16(20)18(13)10-15(19)23-2/h3-8H,9-10H2,1-2H3. The van der Waals surface area contributed by atoms with E-state index >= 15 is 0 Å². The minimum absolute atomic E-state index is 0.0435. The summed E-state index contributed by atoms with van der Waals surface area (Å²) in [6.07, 6.45) is 1.46. The summed E-state index contributed by atoms with van der Waals surface area (Å²) in [6, 6.07) is 7.34. The van der Waals surface area contributed by atoms with Crippen molar-refractivity contribution in [2.24, 2.45) is 0 Å². The third kappa shape index (κ3) is 3.28. The molecule has 0 saturated carbocycles. The van der Waals surface area contributed by atoms with Crippen molar-refractivity contribution in [3.63, 3.8) is 0 Å². The van der Waals surface area contributed by atoms with Gasteiger partial charge in [0.2, 0.25) is 10.0 Å². The van der Waals surface area contributed by atoms with Gasteiger partial charge in [0.25, 0.3) is 0 Å². The van der Waals surface area contributed by atoms with Crippen molar-refractivity contribution < 1.29 is 26.8 Å². The van der Waals surface area contributed by atoms with Crippen molar-refractivity contribution >= 4 is 27.1 Å². The van der Waals surface area contributed by atoms with Crippen LogP contribution in [0.3, 0.4) is 0 Å². The molecule has 1 aromatic carbocycles. The minimum atomic E-state index is -3.83. The Kier molecular flexibility index (Phi) is 4.70. The number of furan rings is 1. The van der Waals surface area contributed by atoms with Crippen molar-refractivity contribution in [3.8, 4) is 0 Å². The van der Waals surface area contributed by atoms with E-state index in [-0.39, 0.29) is 23.6 Å². The van der Waals surface area contributed by atoms with E-state index in [2.05, 4.69) is 4.74 Å². The Morgan fingerprint density at radius 3 is 2.73 bits per heavy atom. The maximum Gasteiger partial charge on any atom is 0.420 e. The van der Waals surface area contributed by atoms with E-state index in [1.54, 1.807) is 12.1 Å². The van der Waals surface area contributed by atoms with Crippen molar-refractivity contribution in [1.82, 2.24) is 8.87 Å². The molecule has 138 valence electrons. The molecule has 0 saturated heterocycles. The summed E-state index contributed by atoms with van der Waals surface area (Å²) < 4.78 is 42.4. The number of carbonyl (C=O) groups is 1. The van der Waals surface area contributed by atoms with Crippen LogP contribution in [0.4, 0.5) is 0 Å². The molecule has 10 heteroatoms. The number of oxazole rings is 1. The summed E-state index contributed by atoms with van der Waals surface area (Å²) in [4.78, 5) is 23.3. The maximum absolute atomic E-state index is 12.7. The second-order valence-corrected chi connectivity index (χ2v) is 7.55. The number of rotatable bonds is 6. The highest BCUT2D eigenvalue weighted by atomic mass is 32.2. The molecule has 0 amide bonds. The summed E-state index contributed by atoms with van der Waals surface area (Å²) in [5, 5.41) is 0. The lowest BCUT2D eigenvalue weighted by atomic mass is 10.3. The predicted octanol–water partition coefficient (Wildman–Crippen LogP) is 1.18. The number of carbonyl (C=O) groups excluding carboxylic acids is 1. The highest BCUT2D eigenvalue weighted by Crippen LogP contribution is 2.22. The van der Waals surface area contributed by atoms with Crippen LogP contribution in [0.5, 0.6) is 0 Å². The van der Waals surface area contributed by atoms with Crippen molar-refractivity contribution in [3.05, 3.63) is 52.9 Å². The number of benzene rings is 1. The fourth-order valence-electron chi connectivity index (χ4n) is 2.44. The Labute approximate surface area is 148 Å². The molecule has 0 spiro atoms. The van der Waals surface area contributed by atoms with Crippen LogP contribution in [0, 0.1) is 0 Å². The number of hydrogen-bond donors (Lipinski definition) is 0. The van der Waals surface area contributed by atoms with Gasteiger partial charge in [0.15, 0.2) is 5.58 Å². The molecule has 2 heterocycles. The number of sulfonamides is 1. The van der Waals surface area contributed by atoms with Crippen LogP contribution in [0.1, 0.15) is 5.76 Å². The highest BCUT2D eigenvalue weighted by molar-refractivity contribution is 7.89. The van der Waals surface area contributed by atoms with Crippen LogP contribution in [-0.2, 0) is 32.6 Å². The van der Waals surface area contributed by atoms with Gasteiger partial charge in [-0.15, -0.1) is 0 Å². The van der Waals surface area contributed by atoms with E-state index in [1.165, 1.54) is 38.6 Å². The lowest BCUT2D eigenvalue weighted by Gasteiger charge is -2.15. The Bertz CT molecular complexity index is 1090. The molecule has 0 fully saturated rings. The molecule has 0 atom stereocenters. The van der Waals surface area contributed by atoms with Gasteiger partial charge in [-0.1, -0.05) is 0 Å². The normalized spacial score (nSPS) is 12.0. The van der Waals surface area contributed by atoms with E-state index in [0.29, 0.717) is 11.3 Å². The molecule has 3 rings (SSSR count). The summed E-state index contributed by atoms with van der Waals surface area (Å²) in [7, 11) is -1.21. The van der Waals surface area contributed by atoms with E-state index in [9.17, 15) is 18.0 Å². The fourth-order valence-corrected chi connectivity index (χ4v) is 3.59. The molecule has 9 nitrogen and oxygen atoms in total. The summed E-state index contributed by atoms with van der Waals surface area (Å²) in [6.45, 7) is -0.270. The number of hydrogen-bond acceptors (Lipinski definition) is 7. The van der Waals surface area contributed by atoms with Crippen LogP contribution in [0.25, 0.3) is 11.1 Å². The summed E-state index contributed by atoms with van der Waals surface area (Å²) in [5.41, 5.74) is 0.361. The van der Waals surface area contributed by atoms with Gasteiger partial charge in [-0.25, -0.2) is 13.2 Å². The molecule has 0 radical (unpaired) electrons. The van der Waals surface area contributed by atoms with Crippen LogP contribution in [0.15, 0.2) is 55.1 Å². The number of fused-ring (bicyclic) bond motifs is 1. The molecular formula is C16H16N2O7S. The van der Waals surface area contributed by atoms with Gasteiger partial charge in [-0.05, 0) is 24.3 Å². The number of ether oxygens (including phenoxy) is 1. The predicted molar refractivity (Wildman–Crippen MR) is 89.9 cm³/mol. The first kappa shape index (κ1) is 18.0. The summed E-state index contributed by atoms with van der Waals surface area (Å²) >= 11 is 0. The molecule has 0 bridgehead atoms. The van der Waals surface area contributed by atoms with E-state index in [0.717, 1.165) is 8.87 Å². The molecule has 0 N–H and O–H groups in total. The zero-order chi connectivity index (χ0) is 18.9. The summed E-state index contributed by atoms with van der Waals surface area (Å²) in [5.74, 6) is -0.901. The topological polar surface area (TPSA) is 112 Å². The van der Waals surface area contributed by atoms with Crippen LogP contribution in [0.2, 0.25) is 0 Å². The van der Waals surface area contributed by atoms with Crippen LogP contribution < -0.4 is 5.76 Å². The highest BCUT2D eigenvalue weighted by Gasteiger charge is 2.24.